The average molecular weight is 531 g/mol. The van der Waals surface area contributed by atoms with Crippen molar-refractivity contribution < 1.29 is 0 Å². The molecule has 0 nitrogen and oxygen atoms in total. The van der Waals surface area contributed by atoms with E-state index in [2.05, 4.69) is 63.4 Å². The van der Waals surface area contributed by atoms with E-state index in [0.717, 1.165) is 47.3 Å². The molecule has 5 rings (SSSR count). The summed E-state index contributed by atoms with van der Waals surface area (Å²) in [6, 6.07) is 9.27. The van der Waals surface area contributed by atoms with E-state index in [1.165, 1.54) is 128 Å². The van der Waals surface area contributed by atoms with Crippen molar-refractivity contribution in [1.29, 1.82) is 0 Å². The van der Waals surface area contributed by atoms with Gasteiger partial charge in [-0.05, 0) is 150 Å². The molecule has 4 aliphatic carbocycles. The van der Waals surface area contributed by atoms with Gasteiger partial charge in [-0.15, -0.1) is 13.2 Å². The van der Waals surface area contributed by atoms with Gasteiger partial charge >= 0.3 is 0 Å². The molecule has 0 heterocycles. The van der Waals surface area contributed by atoms with E-state index in [1.807, 2.05) is 0 Å². The molecule has 1 aromatic carbocycles. The van der Waals surface area contributed by atoms with E-state index in [0.29, 0.717) is 0 Å². The summed E-state index contributed by atoms with van der Waals surface area (Å²) in [6.07, 6.45) is 32.1. The van der Waals surface area contributed by atoms with Crippen molar-refractivity contribution in [2.75, 3.05) is 0 Å². The van der Waals surface area contributed by atoms with Crippen molar-refractivity contribution in [1.82, 2.24) is 0 Å². The summed E-state index contributed by atoms with van der Waals surface area (Å²) in [4.78, 5) is 0. The Hall–Kier alpha value is -1.30. The normalized spacial score (nSPS) is 35.3. The molecule has 4 aliphatic rings. The highest BCUT2D eigenvalue weighted by Crippen LogP contribution is 2.44. The van der Waals surface area contributed by atoms with Gasteiger partial charge in [-0.1, -0.05) is 81.0 Å². The lowest BCUT2D eigenvalue weighted by Gasteiger charge is -2.37. The molecule has 0 radical (unpaired) electrons. The standard InChI is InChI=1S/C21H30.C18H32/c1-3-17-6-10-19(11-7-17)21-14-12-20(13-15-21)18-8-4-16(2)5-9-18;1-3-5-6-16-9-13-18(14-10-16)17-11-7-15(4-2)8-12-17/h3-5,8-9,17,19-21H,1,6-7,10-15H2,2H3;4,15-18H,2-3,5-14H2,1H3. The Bertz CT molecular complexity index is 800. The molecule has 4 fully saturated rings. The van der Waals surface area contributed by atoms with Gasteiger partial charge in [0.25, 0.3) is 0 Å². The molecule has 0 aliphatic heterocycles. The summed E-state index contributed by atoms with van der Waals surface area (Å²) < 4.78 is 0. The van der Waals surface area contributed by atoms with Crippen LogP contribution in [0.2, 0.25) is 0 Å². The average Bonchev–Trinajstić information content (AvgIpc) is 3.01. The van der Waals surface area contributed by atoms with Crippen LogP contribution in [-0.2, 0) is 0 Å². The van der Waals surface area contributed by atoms with Crippen LogP contribution in [0.25, 0.3) is 0 Å². The lowest BCUT2D eigenvalue weighted by molar-refractivity contribution is 0.152. The van der Waals surface area contributed by atoms with E-state index in [1.54, 1.807) is 5.56 Å². The zero-order chi connectivity index (χ0) is 27.5. The third kappa shape index (κ3) is 9.36. The van der Waals surface area contributed by atoms with Crippen LogP contribution in [0, 0.1) is 48.3 Å². The van der Waals surface area contributed by atoms with Gasteiger partial charge in [-0.3, -0.25) is 0 Å². The monoisotopic (exact) mass is 530 g/mol. The summed E-state index contributed by atoms with van der Waals surface area (Å²) in [6.45, 7) is 12.4. The Labute approximate surface area is 243 Å². The van der Waals surface area contributed by atoms with E-state index >= 15 is 0 Å². The lowest BCUT2D eigenvalue weighted by Crippen LogP contribution is -2.25. The van der Waals surface area contributed by atoms with E-state index < -0.39 is 0 Å². The second-order valence-corrected chi connectivity index (χ2v) is 14.3. The largest absolute Gasteiger partial charge is 0.103 e. The van der Waals surface area contributed by atoms with Crippen LogP contribution in [0.5, 0.6) is 0 Å². The Morgan fingerprint density at radius 3 is 1.41 bits per heavy atom. The number of benzene rings is 1. The van der Waals surface area contributed by atoms with Gasteiger partial charge in [0.2, 0.25) is 0 Å². The molecule has 39 heavy (non-hydrogen) atoms. The highest BCUT2D eigenvalue weighted by Gasteiger charge is 2.31. The molecule has 0 heteroatoms. The van der Waals surface area contributed by atoms with Crippen molar-refractivity contribution in [3.63, 3.8) is 0 Å². The minimum absolute atomic E-state index is 0.810. The van der Waals surface area contributed by atoms with Crippen molar-refractivity contribution in [3.8, 4) is 0 Å². The summed E-state index contributed by atoms with van der Waals surface area (Å²) in [5.41, 5.74) is 2.96. The van der Waals surface area contributed by atoms with E-state index in [9.17, 15) is 0 Å². The van der Waals surface area contributed by atoms with Gasteiger partial charge in [-0.2, -0.15) is 0 Å². The Balaban J connectivity index is 0.000000183. The van der Waals surface area contributed by atoms with Crippen molar-refractivity contribution in [3.05, 3.63) is 60.7 Å². The SMILES string of the molecule is C=CC1CCC(C2CCC(CCCC)CC2)CC1.C=CC1CCC(C2CCC(c3ccc(C)cc3)CC2)CC1. The molecule has 4 saturated carbocycles. The second-order valence-electron chi connectivity index (χ2n) is 14.3. The third-order valence-electron chi connectivity index (χ3n) is 11.8. The Morgan fingerprint density at radius 1 is 0.590 bits per heavy atom. The first-order valence-electron chi connectivity index (χ1n) is 17.4. The van der Waals surface area contributed by atoms with Gasteiger partial charge in [0.05, 0.1) is 0 Å². The predicted molar refractivity (Wildman–Crippen MR) is 172 cm³/mol. The number of hydrogen-bond acceptors (Lipinski definition) is 0. The van der Waals surface area contributed by atoms with Crippen LogP contribution < -0.4 is 0 Å². The second kappa shape index (κ2) is 16.2. The number of allylic oxidation sites excluding steroid dienone is 2. The quantitative estimate of drug-likeness (QED) is 0.293. The first kappa shape index (κ1) is 30.7. The maximum atomic E-state index is 3.97. The number of hydrogen-bond donors (Lipinski definition) is 0. The van der Waals surface area contributed by atoms with Gasteiger partial charge in [0.15, 0.2) is 0 Å². The predicted octanol–water partition coefficient (Wildman–Crippen LogP) is 12.2. The minimum atomic E-state index is 0.810. The fourth-order valence-corrected chi connectivity index (χ4v) is 8.91. The molecular formula is C39H62. The highest BCUT2D eigenvalue weighted by molar-refractivity contribution is 5.24. The molecule has 218 valence electrons. The molecule has 0 aromatic heterocycles. The molecule has 0 spiro atoms. The molecule has 0 atom stereocenters. The van der Waals surface area contributed by atoms with E-state index in [-0.39, 0.29) is 0 Å². The molecule has 0 N–H and O–H groups in total. The summed E-state index contributed by atoms with van der Waals surface area (Å²) in [7, 11) is 0. The fourth-order valence-electron chi connectivity index (χ4n) is 8.91. The van der Waals surface area contributed by atoms with Gasteiger partial charge < -0.3 is 0 Å². The van der Waals surface area contributed by atoms with Crippen LogP contribution in [-0.4, -0.2) is 0 Å². The van der Waals surface area contributed by atoms with Gasteiger partial charge in [0, 0.05) is 0 Å². The van der Waals surface area contributed by atoms with Gasteiger partial charge in [-0.25, -0.2) is 0 Å². The van der Waals surface area contributed by atoms with Gasteiger partial charge in [0.1, 0.15) is 0 Å². The molecular weight excluding hydrogens is 468 g/mol. The molecule has 1 aromatic rings. The minimum Gasteiger partial charge on any atom is -0.103 e. The van der Waals surface area contributed by atoms with Crippen LogP contribution in [0.4, 0.5) is 0 Å². The Kier molecular flexibility index (Phi) is 12.7. The summed E-state index contributed by atoms with van der Waals surface area (Å²) in [5, 5.41) is 0. The zero-order valence-corrected chi connectivity index (χ0v) is 25.9. The van der Waals surface area contributed by atoms with Crippen LogP contribution >= 0.6 is 0 Å². The highest BCUT2D eigenvalue weighted by atomic mass is 14.4. The number of rotatable bonds is 8. The van der Waals surface area contributed by atoms with Crippen LogP contribution in [0.15, 0.2) is 49.6 Å². The third-order valence-corrected chi connectivity index (χ3v) is 11.8. The summed E-state index contributed by atoms with van der Waals surface area (Å²) >= 11 is 0. The lowest BCUT2D eigenvalue weighted by atomic mass is 9.68. The number of unbranched alkanes of at least 4 members (excludes halogenated alkanes) is 1. The van der Waals surface area contributed by atoms with E-state index in [4.69, 9.17) is 0 Å². The fraction of sp³-hybridized carbons (Fsp3) is 0.744. The Morgan fingerprint density at radius 2 is 1.00 bits per heavy atom. The van der Waals surface area contributed by atoms with Crippen LogP contribution in [0.3, 0.4) is 0 Å². The molecule has 0 bridgehead atoms. The molecule has 0 saturated heterocycles. The van der Waals surface area contributed by atoms with Crippen molar-refractivity contribution in [2.45, 2.75) is 142 Å². The first-order chi connectivity index (χ1) is 19.1. The van der Waals surface area contributed by atoms with Crippen molar-refractivity contribution >= 4 is 0 Å². The maximum absolute atomic E-state index is 3.97. The van der Waals surface area contributed by atoms with Crippen LogP contribution in [0.1, 0.15) is 146 Å². The first-order valence-corrected chi connectivity index (χ1v) is 17.4. The van der Waals surface area contributed by atoms with Crippen molar-refractivity contribution in [2.24, 2.45) is 41.4 Å². The topological polar surface area (TPSA) is 0 Å². The molecule has 0 amide bonds. The number of aryl methyl sites for hydroxylation is 1. The maximum Gasteiger partial charge on any atom is -0.0162 e. The molecule has 0 unspecified atom stereocenters. The zero-order valence-electron chi connectivity index (χ0n) is 25.9. The summed E-state index contributed by atoms with van der Waals surface area (Å²) in [5.74, 6) is 7.71. The smallest absolute Gasteiger partial charge is 0.0162 e.